The maximum Gasteiger partial charge on any atom is 0.241 e. The number of ether oxygens (including phenoxy) is 1. The minimum Gasteiger partial charge on any atom is -0.492 e. The second-order valence-electron chi connectivity index (χ2n) is 5.75. The molecule has 1 amide bonds. The van der Waals surface area contributed by atoms with Gasteiger partial charge in [0.2, 0.25) is 15.9 Å². The van der Waals surface area contributed by atoms with Crippen LogP contribution in [0.25, 0.3) is 0 Å². The van der Waals surface area contributed by atoms with Crippen LogP contribution in [0.5, 0.6) is 5.75 Å². The second-order valence-corrected chi connectivity index (χ2v) is 7.46. The smallest absolute Gasteiger partial charge is 0.241 e. The van der Waals surface area contributed by atoms with Crippen molar-refractivity contribution in [3.63, 3.8) is 0 Å². The van der Waals surface area contributed by atoms with Gasteiger partial charge in [0.15, 0.2) is 0 Å². The molecule has 0 radical (unpaired) electrons. The number of anilines is 1. The Morgan fingerprint density at radius 1 is 1.12 bits per heavy atom. The maximum atomic E-state index is 12.7. The van der Waals surface area contributed by atoms with Crippen LogP contribution in [0.3, 0.4) is 0 Å². The Bertz CT molecular complexity index is 851. The third kappa shape index (κ3) is 5.06. The Morgan fingerprint density at radius 2 is 1.81 bits per heavy atom. The normalized spacial score (nSPS) is 12.4. The lowest BCUT2D eigenvalue weighted by Gasteiger charge is -2.17. The Kier molecular flexibility index (Phi) is 6.76. The zero-order chi connectivity index (χ0) is 19.2. The van der Waals surface area contributed by atoms with Gasteiger partial charge in [-0.25, -0.2) is 13.1 Å². The molecule has 0 fully saturated rings. The molecule has 1 atom stereocenters. The van der Waals surface area contributed by atoms with E-state index in [0.717, 1.165) is 5.56 Å². The van der Waals surface area contributed by atoms with Gasteiger partial charge in [0.1, 0.15) is 5.75 Å². The highest BCUT2D eigenvalue weighted by molar-refractivity contribution is 7.89. The molecule has 2 aromatic carbocycles. The largest absolute Gasteiger partial charge is 0.492 e. The van der Waals surface area contributed by atoms with Crippen LogP contribution in [0, 0.1) is 0 Å². The van der Waals surface area contributed by atoms with Crippen LogP contribution in [0.4, 0.5) is 5.69 Å². The zero-order valence-corrected chi connectivity index (χ0v) is 16.0. The fraction of sp³-hybridized carbons (Fsp3) is 0.316. The molecule has 6 nitrogen and oxygen atoms in total. The number of rotatable bonds is 8. The van der Waals surface area contributed by atoms with E-state index < -0.39 is 10.0 Å². The van der Waals surface area contributed by atoms with Gasteiger partial charge < -0.3 is 10.1 Å². The summed E-state index contributed by atoms with van der Waals surface area (Å²) in [4.78, 5) is 11.8. The van der Waals surface area contributed by atoms with Crippen LogP contribution in [-0.4, -0.2) is 20.9 Å². The molecular weight excluding hydrogens is 352 g/mol. The van der Waals surface area contributed by atoms with E-state index in [1.54, 1.807) is 19.9 Å². The van der Waals surface area contributed by atoms with Crippen molar-refractivity contribution in [3.8, 4) is 5.75 Å². The van der Waals surface area contributed by atoms with Gasteiger partial charge in [-0.3, -0.25) is 4.79 Å². The van der Waals surface area contributed by atoms with Crippen molar-refractivity contribution in [2.24, 2.45) is 0 Å². The summed E-state index contributed by atoms with van der Waals surface area (Å²) >= 11 is 0. The Labute approximate surface area is 154 Å². The van der Waals surface area contributed by atoms with Gasteiger partial charge >= 0.3 is 0 Å². The molecule has 0 aromatic heterocycles. The molecule has 7 heteroatoms. The second kappa shape index (κ2) is 8.82. The number of carbonyl (C=O) groups is 1. The first-order chi connectivity index (χ1) is 12.4. The summed E-state index contributed by atoms with van der Waals surface area (Å²) < 4.78 is 33.6. The fourth-order valence-electron chi connectivity index (χ4n) is 2.40. The molecule has 0 bridgehead atoms. The maximum absolute atomic E-state index is 12.7. The zero-order valence-electron chi connectivity index (χ0n) is 15.2. The summed E-state index contributed by atoms with van der Waals surface area (Å²) in [5, 5.41) is 2.69. The first-order valence-corrected chi connectivity index (χ1v) is 9.99. The van der Waals surface area contributed by atoms with Crippen LogP contribution in [0.15, 0.2) is 53.4 Å². The van der Waals surface area contributed by atoms with E-state index >= 15 is 0 Å². The Balaban J connectivity index is 2.30. The van der Waals surface area contributed by atoms with Crippen LogP contribution in [0.1, 0.15) is 38.8 Å². The van der Waals surface area contributed by atoms with E-state index in [9.17, 15) is 13.2 Å². The van der Waals surface area contributed by atoms with Gasteiger partial charge in [-0.1, -0.05) is 37.3 Å². The number of benzene rings is 2. The van der Waals surface area contributed by atoms with E-state index in [2.05, 4.69) is 10.0 Å². The van der Waals surface area contributed by atoms with Crippen LogP contribution in [0.2, 0.25) is 0 Å². The third-order valence-electron chi connectivity index (χ3n) is 3.79. The summed E-state index contributed by atoms with van der Waals surface area (Å²) in [5.41, 5.74) is 1.20. The number of sulfonamides is 1. The summed E-state index contributed by atoms with van der Waals surface area (Å²) in [6.07, 6.45) is 0.284. The highest BCUT2D eigenvalue weighted by atomic mass is 32.2. The number of amides is 1. The SMILES string of the molecule is CCOc1ccc(S(=O)(=O)N[C@H](C)c2ccccc2)cc1NC(=O)CC. The van der Waals surface area contributed by atoms with E-state index in [1.165, 1.54) is 12.1 Å². The summed E-state index contributed by atoms with van der Waals surface area (Å²) in [5.74, 6) is 0.218. The average molecular weight is 376 g/mol. The van der Waals surface area contributed by atoms with Crippen molar-refractivity contribution in [2.45, 2.75) is 38.1 Å². The Hall–Kier alpha value is -2.38. The molecule has 0 aliphatic carbocycles. The van der Waals surface area contributed by atoms with Crippen LogP contribution >= 0.6 is 0 Å². The van der Waals surface area contributed by atoms with Gasteiger partial charge in [0, 0.05) is 12.5 Å². The molecule has 140 valence electrons. The van der Waals surface area contributed by atoms with Crippen molar-refractivity contribution in [1.82, 2.24) is 4.72 Å². The Morgan fingerprint density at radius 3 is 2.42 bits per heavy atom. The predicted molar refractivity (Wildman–Crippen MR) is 102 cm³/mol. The van der Waals surface area contributed by atoms with E-state index in [-0.39, 0.29) is 23.3 Å². The van der Waals surface area contributed by atoms with Gasteiger partial charge in [0.25, 0.3) is 0 Å². The summed E-state index contributed by atoms with van der Waals surface area (Å²) in [6, 6.07) is 13.4. The fourth-order valence-corrected chi connectivity index (χ4v) is 3.66. The molecule has 0 heterocycles. The van der Waals surface area contributed by atoms with Crippen molar-refractivity contribution in [2.75, 3.05) is 11.9 Å². The molecule has 0 unspecified atom stereocenters. The lowest BCUT2D eigenvalue weighted by atomic mass is 10.1. The van der Waals surface area contributed by atoms with E-state index in [1.807, 2.05) is 37.3 Å². The molecule has 2 aromatic rings. The minimum absolute atomic E-state index is 0.0649. The molecule has 0 saturated heterocycles. The van der Waals surface area contributed by atoms with Gasteiger partial charge in [-0.05, 0) is 37.6 Å². The molecule has 2 rings (SSSR count). The quantitative estimate of drug-likeness (QED) is 0.739. The molecule has 26 heavy (non-hydrogen) atoms. The first-order valence-electron chi connectivity index (χ1n) is 8.51. The first kappa shape index (κ1) is 19.9. The lowest BCUT2D eigenvalue weighted by Crippen LogP contribution is -2.27. The molecule has 0 aliphatic heterocycles. The summed E-state index contributed by atoms with van der Waals surface area (Å²) in [7, 11) is -3.76. The third-order valence-corrected chi connectivity index (χ3v) is 5.33. The number of hydrogen-bond acceptors (Lipinski definition) is 4. The minimum atomic E-state index is -3.76. The highest BCUT2D eigenvalue weighted by Gasteiger charge is 2.20. The standard InChI is InChI=1S/C19H24N2O4S/c1-4-19(22)20-17-13-16(11-12-18(17)25-5-2)26(23,24)21-14(3)15-9-7-6-8-10-15/h6-14,21H,4-5H2,1-3H3,(H,20,22)/t14-/m1/s1. The van der Waals surface area contributed by atoms with E-state index in [4.69, 9.17) is 4.74 Å². The van der Waals surface area contributed by atoms with Crippen LogP contribution < -0.4 is 14.8 Å². The van der Waals surface area contributed by atoms with Crippen molar-refractivity contribution >= 4 is 21.6 Å². The molecule has 2 N–H and O–H groups in total. The van der Waals surface area contributed by atoms with Gasteiger partial charge in [-0.15, -0.1) is 0 Å². The number of nitrogens with one attached hydrogen (secondary N) is 2. The van der Waals surface area contributed by atoms with Gasteiger partial charge in [0.05, 0.1) is 17.2 Å². The molecule has 0 spiro atoms. The molecular formula is C19H24N2O4S. The molecule has 0 saturated carbocycles. The average Bonchev–Trinajstić information content (AvgIpc) is 2.63. The van der Waals surface area contributed by atoms with Gasteiger partial charge in [-0.2, -0.15) is 0 Å². The van der Waals surface area contributed by atoms with E-state index in [0.29, 0.717) is 18.0 Å². The highest BCUT2D eigenvalue weighted by Crippen LogP contribution is 2.28. The van der Waals surface area contributed by atoms with Crippen molar-refractivity contribution in [1.29, 1.82) is 0 Å². The monoisotopic (exact) mass is 376 g/mol. The summed E-state index contributed by atoms with van der Waals surface area (Å²) in [6.45, 7) is 5.73. The van der Waals surface area contributed by atoms with Crippen LogP contribution in [-0.2, 0) is 14.8 Å². The topological polar surface area (TPSA) is 84.5 Å². The van der Waals surface area contributed by atoms with Crippen molar-refractivity contribution < 1.29 is 17.9 Å². The predicted octanol–water partition coefficient (Wildman–Crippen LogP) is 3.47. The number of carbonyl (C=O) groups excluding carboxylic acids is 1. The van der Waals surface area contributed by atoms with Crippen molar-refractivity contribution in [3.05, 3.63) is 54.1 Å². The molecule has 0 aliphatic rings. The lowest BCUT2D eigenvalue weighted by molar-refractivity contribution is -0.115. The number of hydrogen-bond donors (Lipinski definition) is 2.